The minimum absolute atomic E-state index is 0.106. The zero-order valence-corrected chi connectivity index (χ0v) is 14.0. The highest BCUT2D eigenvalue weighted by Gasteiger charge is 2.15. The lowest BCUT2D eigenvalue weighted by Crippen LogP contribution is -2.14. The van der Waals surface area contributed by atoms with Gasteiger partial charge in [0, 0.05) is 23.3 Å². The Kier molecular flexibility index (Phi) is 6.08. The number of hydrogen-bond acceptors (Lipinski definition) is 6. The largest absolute Gasteiger partial charge is 0.482 e. The highest BCUT2D eigenvalue weighted by Crippen LogP contribution is 2.25. The van der Waals surface area contributed by atoms with Crippen molar-refractivity contribution in [1.29, 1.82) is 0 Å². The molecule has 7 nitrogen and oxygen atoms in total. The van der Waals surface area contributed by atoms with E-state index in [2.05, 4.69) is 0 Å². The second-order valence-electron chi connectivity index (χ2n) is 4.87. The van der Waals surface area contributed by atoms with Crippen LogP contribution in [0.4, 0.5) is 5.69 Å². The summed E-state index contributed by atoms with van der Waals surface area (Å²) in [6, 6.07) is 9.61. The highest BCUT2D eigenvalue weighted by molar-refractivity contribution is 6.35. The normalized spacial score (nSPS) is 10.2. The van der Waals surface area contributed by atoms with Crippen molar-refractivity contribution in [3.63, 3.8) is 0 Å². The van der Waals surface area contributed by atoms with Gasteiger partial charge in [0.05, 0.1) is 16.6 Å². The molecule has 0 aliphatic rings. The standard InChI is InChI=1S/C17H14ClNO6/c1-2-24-16(20)10-25-13-7-8-14(15(18)9-13)17(21)11-3-5-12(6-4-11)19(22)23/h3-9H,2,10H2,1H3. The Balaban J connectivity index is 2.12. The minimum Gasteiger partial charge on any atom is -0.482 e. The molecule has 8 heteroatoms. The Morgan fingerprint density at radius 1 is 1.16 bits per heavy atom. The fourth-order valence-corrected chi connectivity index (χ4v) is 2.26. The monoisotopic (exact) mass is 363 g/mol. The fraction of sp³-hybridized carbons (Fsp3) is 0.176. The van der Waals surface area contributed by atoms with Gasteiger partial charge in [-0.1, -0.05) is 11.6 Å². The van der Waals surface area contributed by atoms with Crippen molar-refractivity contribution in [2.75, 3.05) is 13.2 Å². The predicted molar refractivity (Wildman–Crippen MR) is 90.1 cm³/mol. The van der Waals surface area contributed by atoms with Gasteiger partial charge >= 0.3 is 5.97 Å². The molecule has 0 spiro atoms. The zero-order valence-electron chi connectivity index (χ0n) is 13.2. The maximum Gasteiger partial charge on any atom is 0.344 e. The average Bonchev–Trinajstić information content (AvgIpc) is 2.60. The van der Waals surface area contributed by atoms with Crippen LogP contribution < -0.4 is 4.74 Å². The van der Waals surface area contributed by atoms with Crippen molar-refractivity contribution in [2.24, 2.45) is 0 Å². The van der Waals surface area contributed by atoms with Gasteiger partial charge < -0.3 is 9.47 Å². The summed E-state index contributed by atoms with van der Waals surface area (Å²) in [4.78, 5) is 33.8. The van der Waals surface area contributed by atoms with E-state index in [0.717, 1.165) is 0 Å². The van der Waals surface area contributed by atoms with Crippen LogP contribution in [-0.2, 0) is 9.53 Å². The third-order valence-electron chi connectivity index (χ3n) is 3.19. The smallest absolute Gasteiger partial charge is 0.344 e. The number of nitrogens with zero attached hydrogens (tertiary/aromatic N) is 1. The van der Waals surface area contributed by atoms with Gasteiger partial charge in [0.25, 0.3) is 5.69 Å². The SMILES string of the molecule is CCOC(=O)COc1ccc(C(=O)c2ccc([N+](=O)[O-])cc2)c(Cl)c1. The van der Waals surface area contributed by atoms with Gasteiger partial charge in [-0.2, -0.15) is 0 Å². The Morgan fingerprint density at radius 3 is 2.40 bits per heavy atom. The van der Waals surface area contributed by atoms with Crippen LogP contribution >= 0.6 is 11.6 Å². The van der Waals surface area contributed by atoms with Crippen molar-refractivity contribution < 1.29 is 24.0 Å². The molecular formula is C17H14ClNO6. The molecular weight excluding hydrogens is 350 g/mol. The lowest BCUT2D eigenvalue weighted by molar-refractivity contribution is -0.384. The van der Waals surface area contributed by atoms with E-state index in [1.54, 1.807) is 6.92 Å². The Bertz CT molecular complexity index is 803. The van der Waals surface area contributed by atoms with Gasteiger partial charge in [-0.25, -0.2) is 4.79 Å². The van der Waals surface area contributed by atoms with Gasteiger partial charge in [-0.15, -0.1) is 0 Å². The first-order valence-corrected chi connectivity index (χ1v) is 7.67. The van der Waals surface area contributed by atoms with Crippen molar-refractivity contribution in [2.45, 2.75) is 6.92 Å². The topological polar surface area (TPSA) is 95.7 Å². The summed E-state index contributed by atoms with van der Waals surface area (Å²) in [6.45, 7) is 1.68. The number of carbonyl (C=O) groups is 2. The summed E-state index contributed by atoms with van der Waals surface area (Å²) in [7, 11) is 0. The highest BCUT2D eigenvalue weighted by atomic mass is 35.5. The van der Waals surface area contributed by atoms with Gasteiger partial charge in [-0.05, 0) is 37.3 Å². The molecule has 0 aliphatic carbocycles. The van der Waals surface area contributed by atoms with Crippen molar-refractivity contribution in [3.8, 4) is 5.75 Å². The second-order valence-corrected chi connectivity index (χ2v) is 5.28. The van der Waals surface area contributed by atoms with Crippen molar-refractivity contribution >= 4 is 29.0 Å². The molecule has 0 aliphatic heterocycles. The van der Waals surface area contributed by atoms with Gasteiger partial charge in [0.1, 0.15) is 5.75 Å². The molecule has 2 aromatic carbocycles. The maximum absolute atomic E-state index is 12.4. The first kappa shape index (κ1) is 18.4. The molecule has 0 N–H and O–H groups in total. The molecule has 0 aromatic heterocycles. The first-order valence-electron chi connectivity index (χ1n) is 7.29. The molecule has 0 saturated carbocycles. The van der Waals surface area contributed by atoms with E-state index in [1.165, 1.54) is 42.5 Å². The molecule has 0 saturated heterocycles. The molecule has 0 amide bonds. The van der Waals surface area contributed by atoms with E-state index in [0.29, 0.717) is 5.75 Å². The van der Waals surface area contributed by atoms with E-state index >= 15 is 0 Å². The summed E-state index contributed by atoms with van der Waals surface area (Å²) in [6.07, 6.45) is 0. The molecule has 0 heterocycles. The Hall–Kier alpha value is -2.93. The summed E-state index contributed by atoms with van der Waals surface area (Å²) >= 11 is 6.11. The molecule has 0 unspecified atom stereocenters. The van der Waals surface area contributed by atoms with E-state index in [4.69, 9.17) is 21.1 Å². The van der Waals surface area contributed by atoms with E-state index < -0.39 is 10.9 Å². The summed E-state index contributed by atoms with van der Waals surface area (Å²) in [5, 5.41) is 10.8. The Morgan fingerprint density at radius 2 is 1.84 bits per heavy atom. The number of nitro benzene ring substituents is 1. The van der Waals surface area contributed by atoms with Crippen molar-refractivity contribution in [1.82, 2.24) is 0 Å². The quantitative estimate of drug-likeness (QED) is 0.323. The number of nitro groups is 1. The predicted octanol–water partition coefficient (Wildman–Crippen LogP) is 3.42. The number of esters is 1. The van der Waals surface area contributed by atoms with Crippen LogP contribution in [0.5, 0.6) is 5.75 Å². The molecule has 0 radical (unpaired) electrons. The second kappa shape index (κ2) is 8.25. The number of halogens is 1. The van der Waals surface area contributed by atoms with Crippen LogP contribution in [0, 0.1) is 10.1 Å². The third-order valence-corrected chi connectivity index (χ3v) is 3.50. The number of carbonyl (C=O) groups excluding carboxylic acids is 2. The van der Waals surface area contributed by atoms with Crippen LogP contribution in [0.25, 0.3) is 0 Å². The van der Waals surface area contributed by atoms with Gasteiger partial charge in [0.15, 0.2) is 12.4 Å². The Labute approximate surface area is 148 Å². The lowest BCUT2D eigenvalue weighted by Gasteiger charge is -2.08. The minimum atomic E-state index is -0.545. The average molecular weight is 364 g/mol. The van der Waals surface area contributed by atoms with E-state index in [-0.39, 0.29) is 40.8 Å². The summed E-state index contributed by atoms with van der Waals surface area (Å²) < 4.78 is 9.98. The number of ketones is 1. The summed E-state index contributed by atoms with van der Waals surface area (Å²) in [5.41, 5.74) is 0.386. The molecule has 0 fully saturated rings. The zero-order chi connectivity index (χ0) is 18.4. The number of hydrogen-bond donors (Lipinski definition) is 0. The van der Waals surface area contributed by atoms with Gasteiger partial charge in [0.2, 0.25) is 0 Å². The first-order chi connectivity index (χ1) is 11.9. The maximum atomic E-state index is 12.4. The molecule has 0 bridgehead atoms. The van der Waals surface area contributed by atoms with Crippen LogP contribution in [0.1, 0.15) is 22.8 Å². The molecule has 2 aromatic rings. The molecule has 25 heavy (non-hydrogen) atoms. The third kappa shape index (κ3) is 4.77. The van der Waals surface area contributed by atoms with E-state index in [9.17, 15) is 19.7 Å². The van der Waals surface area contributed by atoms with Crippen LogP contribution in [0.15, 0.2) is 42.5 Å². The van der Waals surface area contributed by atoms with Crippen molar-refractivity contribution in [3.05, 3.63) is 68.7 Å². The van der Waals surface area contributed by atoms with E-state index in [1.807, 2.05) is 0 Å². The van der Waals surface area contributed by atoms with Crippen LogP contribution in [0.2, 0.25) is 5.02 Å². The van der Waals surface area contributed by atoms with Gasteiger partial charge in [-0.3, -0.25) is 14.9 Å². The lowest BCUT2D eigenvalue weighted by atomic mass is 10.0. The number of ether oxygens (including phenoxy) is 2. The molecule has 2 rings (SSSR count). The molecule has 0 atom stereocenters. The summed E-state index contributed by atoms with van der Waals surface area (Å²) in [5.74, 6) is -0.570. The number of rotatable bonds is 7. The van der Waals surface area contributed by atoms with Crippen LogP contribution in [0.3, 0.4) is 0 Å². The number of benzene rings is 2. The fourth-order valence-electron chi connectivity index (χ4n) is 2.00. The van der Waals surface area contributed by atoms with Crippen LogP contribution in [-0.4, -0.2) is 29.9 Å². The number of non-ortho nitro benzene ring substituents is 1. The molecule has 130 valence electrons.